The molecule has 0 radical (unpaired) electrons. The number of aromatic nitrogens is 6. The second-order valence-corrected chi connectivity index (χ2v) is 6.20. The van der Waals surface area contributed by atoms with Crippen LogP contribution in [0.3, 0.4) is 0 Å². The fourth-order valence-corrected chi connectivity index (χ4v) is 2.74. The van der Waals surface area contributed by atoms with Gasteiger partial charge in [0.25, 0.3) is 5.91 Å². The van der Waals surface area contributed by atoms with Gasteiger partial charge in [0.2, 0.25) is 0 Å². The van der Waals surface area contributed by atoms with Crippen molar-refractivity contribution in [3.05, 3.63) is 53.6 Å². The summed E-state index contributed by atoms with van der Waals surface area (Å²) in [7, 11) is 0. The number of nitrogens with zero attached hydrogens (tertiary/aromatic N) is 5. The summed E-state index contributed by atoms with van der Waals surface area (Å²) in [5.74, 6) is -0.178. The number of aromatic amines is 1. The van der Waals surface area contributed by atoms with Gasteiger partial charge in [-0.25, -0.2) is 4.98 Å². The van der Waals surface area contributed by atoms with Gasteiger partial charge in [-0.15, -0.1) is 0 Å². The third-order valence-electron chi connectivity index (χ3n) is 4.11. The maximum atomic E-state index is 12.4. The van der Waals surface area contributed by atoms with E-state index in [2.05, 4.69) is 25.6 Å². The van der Waals surface area contributed by atoms with Crippen LogP contribution in [0.1, 0.15) is 40.9 Å². The number of imidazole rings is 1. The lowest BCUT2D eigenvalue weighted by atomic mass is 10.2. The Morgan fingerprint density at radius 2 is 2.20 bits per heavy atom. The van der Waals surface area contributed by atoms with Gasteiger partial charge in [0, 0.05) is 30.7 Å². The molecule has 25 heavy (non-hydrogen) atoms. The van der Waals surface area contributed by atoms with Crippen molar-refractivity contribution >= 4 is 5.91 Å². The molecule has 0 aliphatic rings. The molecular weight excluding hydrogens is 318 g/mol. The van der Waals surface area contributed by atoms with Crippen LogP contribution in [0.5, 0.6) is 0 Å². The van der Waals surface area contributed by atoms with Crippen molar-refractivity contribution in [2.45, 2.75) is 46.3 Å². The van der Waals surface area contributed by atoms with Gasteiger partial charge in [-0.1, -0.05) is 6.92 Å². The lowest BCUT2D eigenvalue weighted by Crippen LogP contribution is -2.37. The Balaban J connectivity index is 1.62. The van der Waals surface area contributed by atoms with Crippen molar-refractivity contribution in [3.8, 4) is 0 Å². The van der Waals surface area contributed by atoms with Crippen LogP contribution >= 0.6 is 0 Å². The molecule has 8 nitrogen and oxygen atoms in total. The molecule has 8 heteroatoms. The van der Waals surface area contributed by atoms with Gasteiger partial charge in [-0.3, -0.25) is 14.6 Å². The quantitative estimate of drug-likeness (QED) is 0.684. The van der Waals surface area contributed by atoms with Crippen molar-refractivity contribution in [3.63, 3.8) is 0 Å². The number of hydrogen-bond acceptors (Lipinski definition) is 4. The Morgan fingerprint density at radius 3 is 2.84 bits per heavy atom. The van der Waals surface area contributed by atoms with Crippen LogP contribution in [-0.2, 0) is 13.1 Å². The zero-order valence-corrected chi connectivity index (χ0v) is 14.7. The average molecular weight is 341 g/mol. The van der Waals surface area contributed by atoms with E-state index in [0.29, 0.717) is 18.8 Å². The first kappa shape index (κ1) is 16.9. The highest BCUT2D eigenvalue weighted by atomic mass is 16.2. The Kier molecular flexibility index (Phi) is 4.97. The van der Waals surface area contributed by atoms with Gasteiger partial charge in [0.1, 0.15) is 5.69 Å². The van der Waals surface area contributed by atoms with Gasteiger partial charge >= 0.3 is 0 Å². The van der Waals surface area contributed by atoms with E-state index in [9.17, 15) is 4.79 Å². The monoisotopic (exact) mass is 341 g/mol. The molecule has 0 spiro atoms. The second-order valence-electron chi connectivity index (χ2n) is 6.20. The first-order valence-electron chi connectivity index (χ1n) is 8.37. The van der Waals surface area contributed by atoms with E-state index in [-0.39, 0.29) is 11.9 Å². The highest BCUT2D eigenvalue weighted by Gasteiger charge is 2.16. The highest BCUT2D eigenvalue weighted by Crippen LogP contribution is 2.07. The van der Waals surface area contributed by atoms with Gasteiger partial charge < -0.3 is 9.88 Å². The molecule has 132 valence electrons. The summed E-state index contributed by atoms with van der Waals surface area (Å²) >= 11 is 0. The Morgan fingerprint density at radius 1 is 1.36 bits per heavy atom. The van der Waals surface area contributed by atoms with Crippen LogP contribution in [0.15, 0.2) is 30.9 Å². The number of hydrogen-bond donors (Lipinski definition) is 2. The van der Waals surface area contributed by atoms with Gasteiger partial charge in [-0.2, -0.15) is 10.2 Å². The molecule has 1 amide bonds. The van der Waals surface area contributed by atoms with E-state index in [1.807, 2.05) is 42.3 Å². The molecule has 3 heterocycles. The number of H-pyrrole nitrogens is 1. The predicted octanol–water partition coefficient (Wildman–Crippen LogP) is 1.68. The van der Waals surface area contributed by atoms with Crippen molar-refractivity contribution in [1.29, 1.82) is 0 Å². The molecule has 0 saturated heterocycles. The first-order valence-corrected chi connectivity index (χ1v) is 8.37. The van der Waals surface area contributed by atoms with E-state index in [1.165, 1.54) is 0 Å². The molecule has 3 aromatic heterocycles. The molecule has 0 saturated carbocycles. The molecule has 0 aliphatic carbocycles. The van der Waals surface area contributed by atoms with Crippen LogP contribution in [0.4, 0.5) is 0 Å². The molecule has 3 aromatic rings. The van der Waals surface area contributed by atoms with Crippen molar-refractivity contribution in [2.75, 3.05) is 0 Å². The SMILES string of the molecule is CC[C@H](Cn1ccnc1)NC(=O)c1cc(Cn2nc(C)cc2C)[nH]n1. The number of carbonyl (C=O) groups is 1. The molecule has 0 aliphatic heterocycles. The lowest BCUT2D eigenvalue weighted by Gasteiger charge is -2.16. The number of aryl methyl sites for hydroxylation is 2. The summed E-state index contributed by atoms with van der Waals surface area (Å²) in [4.78, 5) is 16.5. The Hall–Kier alpha value is -2.90. The van der Waals surface area contributed by atoms with Crippen LogP contribution in [-0.4, -0.2) is 41.5 Å². The topological polar surface area (TPSA) is 93.4 Å². The fourth-order valence-electron chi connectivity index (χ4n) is 2.74. The van der Waals surface area contributed by atoms with Crippen LogP contribution in [0.2, 0.25) is 0 Å². The number of amides is 1. The first-order chi connectivity index (χ1) is 12.0. The van der Waals surface area contributed by atoms with Gasteiger partial charge in [0.05, 0.1) is 24.3 Å². The normalized spacial score (nSPS) is 12.3. The molecule has 2 N–H and O–H groups in total. The minimum Gasteiger partial charge on any atom is -0.346 e. The molecular formula is C17H23N7O. The van der Waals surface area contributed by atoms with E-state index in [1.54, 1.807) is 18.6 Å². The molecule has 0 unspecified atom stereocenters. The largest absolute Gasteiger partial charge is 0.346 e. The van der Waals surface area contributed by atoms with Crippen molar-refractivity contribution < 1.29 is 4.79 Å². The molecule has 1 atom stereocenters. The van der Waals surface area contributed by atoms with Crippen LogP contribution in [0, 0.1) is 13.8 Å². The van der Waals surface area contributed by atoms with Crippen molar-refractivity contribution in [1.82, 2.24) is 34.8 Å². The summed E-state index contributed by atoms with van der Waals surface area (Å²) in [6, 6.07) is 3.82. The summed E-state index contributed by atoms with van der Waals surface area (Å²) in [5.41, 5.74) is 3.28. The van der Waals surface area contributed by atoms with Crippen LogP contribution < -0.4 is 5.32 Å². The van der Waals surface area contributed by atoms with E-state index in [0.717, 1.165) is 23.5 Å². The molecule has 3 rings (SSSR count). The Labute approximate surface area is 146 Å². The van der Waals surface area contributed by atoms with E-state index < -0.39 is 0 Å². The van der Waals surface area contributed by atoms with Crippen LogP contribution in [0.25, 0.3) is 0 Å². The number of carbonyl (C=O) groups excluding carboxylic acids is 1. The maximum Gasteiger partial charge on any atom is 0.272 e. The van der Waals surface area contributed by atoms with E-state index in [4.69, 9.17) is 0 Å². The summed E-state index contributed by atoms with van der Waals surface area (Å²) in [6.45, 7) is 7.25. The second kappa shape index (κ2) is 7.33. The van der Waals surface area contributed by atoms with E-state index >= 15 is 0 Å². The number of nitrogens with one attached hydrogen (secondary N) is 2. The summed E-state index contributed by atoms with van der Waals surface area (Å²) in [5, 5.41) is 14.5. The third kappa shape index (κ3) is 4.14. The molecule has 0 aromatic carbocycles. The zero-order valence-electron chi connectivity index (χ0n) is 14.7. The summed E-state index contributed by atoms with van der Waals surface area (Å²) < 4.78 is 3.84. The summed E-state index contributed by atoms with van der Waals surface area (Å²) in [6.07, 6.45) is 6.19. The van der Waals surface area contributed by atoms with Crippen molar-refractivity contribution in [2.24, 2.45) is 0 Å². The smallest absolute Gasteiger partial charge is 0.272 e. The third-order valence-corrected chi connectivity index (χ3v) is 4.11. The average Bonchev–Trinajstić information content (AvgIpc) is 3.30. The molecule has 0 fully saturated rings. The minimum atomic E-state index is -0.178. The Bertz CT molecular complexity index is 831. The predicted molar refractivity (Wildman–Crippen MR) is 93.2 cm³/mol. The van der Waals surface area contributed by atoms with Gasteiger partial charge in [0.15, 0.2) is 0 Å². The fraction of sp³-hybridized carbons (Fsp3) is 0.412. The zero-order chi connectivity index (χ0) is 17.8. The maximum absolute atomic E-state index is 12.4. The highest BCUT2D eigenvalue weighted by molar-refractivity contribution is 5.92. The number of rotatable bonds is 7. The van der Waals surface area contributed by atoms with Gasteiger partial charge in [-0.05, 0) is 32.4 Å². The standard InChI is InChI=1S/C17H23N7O/c1-4-14(9-23-6-5-18-11-23)19-17(25)16-8-15(20-21-16)10-24-13(3)7-12(2)22-24/h5-8,11,14H,4,9-10H2,1-3H3,(H,19,25)(H,20,21)/t14-/m1/s1. The molecule has 0 bridgehead atoms. The minimum absolute atomic E-state index is 0.0258. The lowest BCUT2D eigenvalue weighted by molar-refractivity contribution is 0.0926.